The fraction of sp³-hybridized carbons (Fsp3) is 0.455. The van der Waals surface area contributed by atoms with Gasteiger partial charge in [-0.1, -0.05) is 31.5 Å². The van der Waals surface area contributed by atoms with E-state index in [0.717, 1.165) is 0 Å². The number of rotatable bonds is 4. The molecule has 1 atom stereocenters. The van der Waals surface area contributed by atoms with E-state index in [4.69, 9.17) is 16.3 Å². The molecule has 0 bridgehead atoms. The maximum absolute atomic E-state index is 10.8. The molecule has 88 valence electrons. The van der Waals surface area contributed by atoms with Crippen LogP contribution >= 0.6 is 11.6 Å². The molecular weight excluding hydrogens is 230 g/mol. The summed E-state index contributed by atoms with van der Waals surface area (Å²) < 4.78 is 5.52. The quantitative estimate of drug-likeness (QED) is 0.599. The fourth-order valence-corrected chi connectivity index (χ4v) is 1.34. The second-order valence-corrected chi connectivity index (χ2v) is 4.32. The van der Waals surface area contributed by atoms with E-state index in [-0.39, 0.29) is 28.5 Å². The maximum atomic E-state index is 10.8. The van der Waals surface area contributed by atoms with Gasteiger partial charge in [-0.2, -0.15) is 0 Å². The third kappa shape index (κ3) is 2.85. The van der Waals surface area contributed by atoms with Gasteiger partial charge in [0.25, 0.3) is 0 Å². The van der Waals surface area contributed by atoms with Crippen LogP contribution in [0.3, 0.4) is 0 Å². The van der Waals surface area contributed by atoms with E-state index in [9.17, 15) is 10.1 Å². The maximum Gasteiger partial charge on any atom is 0.329 e. The van der Waals surface area contributed by atoms with Crippen LogP contribution in [0.2, 0.25) is 5.02 Å². The lowest BCUT2D eigenvalue weighted by Crippen LogP contribution is -2.19. The minimum atomic E-state index is -0.523. The zero-order chi connectivity index (χ0) is 12.3. The third-order valence-electron chi connectivity index (χ3n) is 2.38. The van der Waals surface area contributed by atoms with Crippen LogP contribution in [0.15, 0.2) is 18.2 Å². The first-order valence-corrected chi connectivity index (χ1v) is 5.40. The van der Waals surface area contributed by atoms with Gasteiger partial charge < -0.3 is 4.74 Å². The van der Waals surface area contributed by atoms with Crippen molar-refractivity contribution in [1.29, 1.82) is 0 Å². The number of nitro benzene ring substituents is 1. The highest BCUT2D eigenvalue weighted by Crippen LogP contribution is 2.35. The summed E-state index contributed by atoms with van der Waals surface area (Å²) in [6.07, 6.45) is -0.0998. The van der Waals surface area contributed by atoms with Gasteiger partial charge in [-0.05, 0) is 25.0 Å². The van der Waals surface area contributed by atoms with Gasteiger partial charge in [0, 0.05) is 0 Å². The topological polar surface area (TPSA) is 52.4 Å². The molecule has 0 fully saturated rings. The van der Waals surface area contributed by atoms with Crippen molar-refractivity contribution in [3.05, 3.63) is 33.3 Å². The molecule has 4 nitrogen and oxygen atoms in total. The highest BCUT2D eigenvalue weighted by atomic mass is 35.5. The second kappa shape index (κ2) is 5.16. The van der Waals surface area contributed by atoms with Crippen molar-refractivity contribution in [2.75, 3.05) is 0 Å². The van der Waals surface area contributed by atoms with Crippen LogP contribution in [-0.4, -0.2) is 11.0 Å². The number of benzene rings is 1. The minimum Gasteiger partial charge on any atom is -0.483 e. The molecule has 0 aliphatic carbocycles. The summed E-state index contributed by atoms with van der Waals surface area (Å²) in [6.45, 7) is 5.84. The first-order chi connectivity index (χ1) is 7.43. The van der Waals surface area contributed by atoms with Gasteiger partial charge in [0.15, 0.2) is 5.75 Å². The molecule has 1 unspecified atom stereocenters. The summed E-state index contributed by atoms with van der Waals surface area (Å²) in [5.74, 6) is 0.497. The van der Waals surface area contributed by atoms with Gasteiger partial charge in [-0.25, -0.2) is 0 Å². The van der Waals surface area contributed by atoms with Crippen molar-refractivity contribution in [1.82, 2.24) is 0 Å². The lowest BCUT2D eigenvalue weighted by molar-refractivity contribution is -0.385. The third-order valence-corrected chi connectivity index (χ3v) is 2.69. The molecule has 0 N–H and O–H groups in total. The molecule has 0 aliphatic rings. The number of nitro groups is 1. The number of hydrogen-bond acceptors (Lipinski definition) is 3. The molecule has 1 aromatic carbocycles. The Bertz CT molecular complexity index is 393. The van der Waals surface area contributed by atoms with Crippen LogP contribution < -0.4 is 4.74 Å². The van der Waals surface area contributed by atoms with Crippen LogP contribution in [-0.2, 0) is 0 Å². The van der Waals surface area contributed by atoms with E-state index in [2.05, 4.69) is 0 Å². The first-order valence-electron chi connectivity index (χ1n) is 5.03. The minimum absolute atomic E-state index is 0.0958. The van der Waals surface area contributed by atoms with Crippen LogP contribution in [0.1, 0.15) is 20.8 Å². The Kier molecular flexibility index (Phi) is 4.12. The summed E-state index contributed by atoms with van der Waals surface area (Å²) in [6, 6.07) is 4.67. The summed E-state index contributed by atoms with van der Waals surface area (Å²) >= 11 is 5.77. The van der Waals surface area contributed by atoms with Crippen LogP contribution in [0, 0.1) is 16.0 Å². The standard InChI is InChI=1S/C11H14ClNO3/c1-7(2)8(3)16-10-6-4-5-9(12)11(10)13(14)15/h4-8H,1-3H3. The molecule has 5 heteroatoms. The lowest BCUT2D eigenvalue weighted by atomic mass is 10.1. The molecule has 0 aromatic heterocycles. The van der Waals surface area contributed by atoms with Crippen molar-refractivity contribution < 1.29 is 9.66 Å². The first kappa shape index (κ1) is 12.8. The summed E-state index contributed by atoms with van der Waals surface area (Å²) in [7, 11) is 0. The molecular formula is C11H14ClNO3. The van der Waals surface area contributed by atoms with Crippen LogP contribution in [0.25, 0.3) is 0 Å². The highest BCUT2D eigenvalue weighted by Gasteiger charge is 2.21. The smallest absolute Gasteiger partial charge is 0.329 e. The summed E-state index contributed by atoms with van der Waals surface area (Å²) in [4.78, 5) is 10.3. The van der Waals surface area contributed by atoms with Crippen LogP contribution in [0.5, 0.6) is 5.75 Å². The zero-order valence-corrected chi connectivity index (χ0v) is 10.2. The van der Waals surface area contributed by atoms with Gasteiger partial charge in [0.05, 0.1) is 11.0 Å². The van der Waals surface area contributed by atoms with E-state index in [1.807, 2.05) is 20.8 Å². The van der Waals surface area contributed by atoms with Crippen molar-refractivity contribution in [3.8, 4) is 5.75 Å². The van der Waals surface area contributed by atoms with Crippen molar-refractivity contribution in [2.24, 2.45) is 5.92 Å². The molecule has 0 amide bonds. The van der Waals surface area contributed by atoms with Gasteiger partial charge in [0.2, 0.25) is 0 Å². The Morgan fingerprint density at radius 2 is 2.00 bits per heavy atom. The van der Waals surface area contributed by atoms with Crippen molar-refractivity contribution >= 4 is 17.3 Å². The molecule has 0 saturated carbocycles. The van der Waals surface area contributed by atoms with E-state index < -0.39 is 4.92 Å². The van der Waals surface area contributed by atoms with Gasteiger partial charge in [-0.3, -0.25) is 10.1 Å². The molecule has 16 heavy (non-hydrogen) atoms. The number of hydrogen-bond donors (Lipinski definition) is 0. The van der Waals surface area contributed by atoms with E-state index in [1.165, 1.54) is 6.07 Å². The molecule has 1 aromatic rings. The number of nitrogens with zero attached hydrogens (tertiary/aromatic N) is 1. The predicted molar refractivity (Wildman–Crippen MR) is 63.0 cm³/mol. The molecule has 0 saturated heterocycles. The van der Waals surface area contributed by atoms with Crippen LogP contribution in [0.4, 0.5) is 5.69 Å². The Labute approximate surface area is 99.3 Å². The summed E-state index contributed by atoms with van der Waals surface area (Å²) in [5.41, 5.74) is -0.170. The highest BCUT2D eigenvalue weighted by molar-refractivity contribution is 6.32. The van der Waals surface area contributed by atoms with E-state index >= 15 is 0 Å². The number of halogens is 1. The van der Waals surface area contributed by atoms with Gasteiger partial charge in [0.1, 0.15) is 5.02 Å². The molecule has 1 rings (SSSR count). The molecule has 0 heterocycles. The van der Waals surface area contributed by atoms with Crippen molar-refractivity contribution in [2.45, 2.75) is 26.9 Å². The zero-order valence-electron chi connectivity index (χ0n) is 9.44. The molecule has 0 radical (unpaired) electrons. The fourth-order valence-electron chi connectivity index (χ4n) is 1.10. The van der Waals surface area contributed by atoms with Gasteiger partial charge in [-0.15, -0.1) is 0 Å². The monoisotopic (exact) mass is 243 g/mol. The average Bonchev–Trinajstić information content (AvgIpc) is 2.16. The number of para-hydroxylation sites is 1. The lowest BCUT2D eigenvalue weighted by Gasteiger charge is -2.17. The molecule has 0 aliphatic heterocycles. The predicted octanol–water partition coefficient (Wildman–Crippen LogP) is 3.67. The van der Waals surface area contributed by atoms with Gasteiger partial charge >= 0.3 is 5.69 Å². The SMILES string of the molecule is CC(C)C(C)Oc1cccc(Cl)c1[N+](=O)[O-]. The average molecular weight is 244 g/mol. The Morgan fingerprint density at radius 1 is 1.38 bits per heavy atom. The summed E-state index contributed by atoms with van der Waals surface area (Å²) in [5, 5.41) is 10.9. The Morgan fingerprint density at radius 3 is 2.50 bits per heavy atom. The molecule has 0 spiro atoms. The normalized spacial score (nSPS) is 12.6. The Hall–Kier alpha value is -1.29. The van der Waals surface area contributed by atoms with E-state index in [1.54, 1.807) is 12.1 Å². The number of ether oxygens (including phenoxy) is 1. The largest absolute Gasteiger partial charge is 0.483 e. The van der Waals surface area contributed by atoms with E-state index in [0.29, 0.717) is 0 Å². The van der Waals surface area contributed by atoms with Crippen molar-refractivity contribution in [3.63, 3.8) is 0 Å². The Balaban J connectivity index is 3.04. The second-order valence-electron chi connectivity index (χ2n) is 3.91.